The summed E-state index contributed by atoms with van der Waals surface area (Å²) in [5.74, 6) is -1.60. The summed E-state index contributed by atoms with van der Waals surface area (Å²) in [5, 5.41) is 8.64. The van der Waals surface area contributed by atoms with Gasteiger partial charge in [0, 0.05) is 12.1 Å². The molecule has 0 aliphatic carbocycles. The van der Waals surface area contributed by atoms with Crippen molar-refractivity contribution in [3.63, 3.8) is 0 Å². The van der Waals surface area contributed by atoms with Crippen molar-refractivity contribution in [3.8, 4) is 0 Å². The molecule has 1 rings (SSSR count). The first-order chi connectivity index (χ1) is 9.82. The monoisotopic (exact) mass is 315 g/mol. The van der Waals surface area contributed by atoms with Crippen LogP contribution in [-0.2, 0) is 30.8 Å². The Balaban J connectivity index is 2.54. The van der Waals surface area contributed by atoms with Crippen LogP contribution >= 0.6 is 0 Å². The van der Waals surface area contributed by atoms with Gasteiger partial charge in [-0.25, -0.2) is 8.42 Å². The molecule has 0 unspecified atom stereocenters. The van der Waals surface area contributed by atoms with Crippen LogP contribution in [0.15, 0.2) is 24.3 Å². The third-order valence-corrected chi connectivity index (χ3v) is 3.98. The number of carbonyl (C=O) groups is 2. The van der Waals surface area contributed by atoms with Crippen LogP contribution in [0.5, 0.6) is 0 Å². The maximum atomic E-state index is 11.8. The molecule has 0 bridgehead atoms. The number of carboxylic acids is 1. The van der Waals surface area contributed by atoms with Crippen molar-refractivity contribution in [2.75, 3.05) is 17.6 Å². The fourth-order valence-corrected chi connectivity index (χ4v) is 2.73. The van der Waals surface area contributed by atoms with Crippen molar-refractivity contribution in [1.82, 2.24) is 0 Å². The van der Waals surface area contributed by atoms with E-state index in [-0.39, 0.29) is 25.0 Å². The molecule has 0 radical (unpaired) electrons. The predicted molar refractivity (Wildman–Crippen MR) is 76.4 cm³/mol. The highest BCUT2D eigenvalue weighted by Gasteiger charge is 2.12. The van der Waals surface area contributed by atoms with Gasteiger partial charge in [-0.3, -0.25) is 14.3 Å². The molecule has 0 spiro atoms. The molecule has 0 fully saturated rings. The van der Waals surface area contributed by atoms with Gasteiger partial charge in [-0.15, -0.1) is 0 Å². The summed E-state index contributed by atoms with van der Waals surface area (Å²) < 4.78 is 30.3. The molecule has 0 saturated carbocycles. The van der Waals surface area contributed by atoms with Gasteiger partial charge in [0.05, 0.1) is 19.3 Å². The molecule has 0 aliphatic rings. The molecule has 2 N–H and O–H groups in total. The van der Waals surface area contributed by atoms with E-state index in [0.29, 0.717) is 11.3 Å². The van der Waals surface area contributed by atoms with Gasteiger partial charge in [-0.05, 0) is 24.1 Å². The molecule has 8 heteroatoms. The number of hydrogen-bond donors (Lipinski definition) is 2. The first-order valence-corrected chi connectivity index (χ1v) is 7.85. The minimum absolute atomic E-state index is 0.0367. The maximum absolute atomic E-state index is 11.8. The molecule has 0 atom stereocenters. The Morgan fingerprint density at radius 3 is 2.38 bits per heavy atom. The molecule has 0 amide bonds. The van der Waals surface area contributed by atoms with Crippen molar-refractivity contribution in [2.24, 2.45) is 0 Å². The van der Waals surface area contributed by atoms with E-state index < -0.39 is 22.0 Å². The average Bonchev–Trinajstić information content (AvgIpc) is 2.39. The van der Waals surface area contributed by atoms with E-state index in [9.17, 15) is 18.0 Å². The summed E-state index contributed by atoms with van der Waals surface area (Å²) in [4.78, 5) is 21.4. The Bertz CT molecular complexity index is 594. The molecule has 1 aromatic carbocycles. The number of carbonyl (C=O) groups excluding carboxylic acids is 1. The molecule has 116 valence electrons. The zero-order valence-electron chi connectivity index (χ0n) is 11.5. The van der Waals surface area contributed by atoms with Gasteiger partial charge in [0.25, 0.3) is 0 Å². The van der Waals surface area contributed by atoms with Crippen LogP contribution in [0.1, 0.15) is 18.4 Å². The summed E-state index contributed by atoms with van der Waals surface area (Å²) in [5.41, 5.74) is 0.929. The Morgan fingerprint density at radius 1 is 1.24 bits per heavy atom. The molecular weight excluding hydrogens is 298 g/mol. The zero-order valence-corrected chi connectivity index (χ0v) is 12.4. The molecular formula is C13H17NO6S. The highest BCUT2D eigenvalue weighted by atomic mass is 32.2. The Morgan fingerprint density at radius 2 is 1.86 bits per heavy atom. The van der Waals surface area contributed by atoms with Crippen molar-refractivity contribution in [2.45, 2.75) is 19.3 Å². The number of rotatable bonds is 8. The number of aliphatic carboxylic acids is 1. The molecule has 0 heterocycles. The summed E-state index contributed by atoms with van der Waals surface area (Å²) in [6.07, 6.45) is 0.0836. The number of methoxy groups -OCH3 is 1. The van der Waals surface area contributed by atoms with Crippen LogP contribution in [0, 0.1) is 0 Å². The van der Waals surface area contributed by atoms with E-state index in [2.05, 4.69) is 9.46 Å². The number of hydrogen-bond acceptors (Lipinski definition) is 5. The van der Waals surface area contributed by atoms with Crippen LogP contribution in [0.4, 0.5) is 5.69 Å². The Kier molecular flexibility index (Phi) is 6.16. The lowest BCUT2D eigenvalue weighted by Gasteiger charge is -2.08. The number of anilines is 1. The Labute approximate surface area is 123 Å². The second-order valence-electron chi connectivity index (χ2n) is 4.37. The molecule has 0 aromatic heterocycles. The smallest absolute Gasteiger partial charge is 0.307 e. The van der Waals surface area contributed by atoms with E-state index in [4.69, 9.17) is 5.11 Å². The fourth-order valence-electron chi connectivity index (χ4n) is 1.60. The standard InChI is InChI=1S/C13H17NO6S/c1-20-13(17)3-2-8-21(18,19)14-11-6-4-10(5-7-11)9-12(15)16/h4-7,14H,2-3,8-9H2,1H3,(H,15,16). The van der Waals surface area contributed by atoms with Gasteiger partial charge < -0.3 is 9.84 Å². The van der Waals surface area contributed by atoms with Crippen molar-refractivity contribution in [1.29, 1.82) is 0 Å². The van der Waals surface area contributed by atoms with E-state index in [1.807, 2.05) is 0 Å². The van der Waals surface area contributed by atoms with Gasteiger partial charge in [-0.2, -0.15) is 0 Å². The summed E-state index contributed by atoms with van der Waals surface area (Å²) >= 11 is 0. The maximum Gasteiger partial charge on any atom is 0.307 e. The van der Waals surface area contributed by atoms with E-state index >= 15 is 0 Å². The van der Waals surface area contributed by atoms with E-state index in [0.717, 1.165) is 0 Å². The van der Waals surface area contributed by atoms with Crippen LogP contribution in [0.2, 0.25) is 0 Å². The average molecular weight is 315 g/mol. The Hall–Kier alpha value is -2.09. The first kappa shape index (κ1) is 17.0. The molecule has 7 nitrogen and oxygen atoms in total. The summed E-state index contributed by atoms with van der Waals surface area (Å²) in [6.45, 7) is 0. The lowest BCUT2D eigenvalue weighted by molar-refractivity contribution is -0.140. The highest BCUT2D eigenvalue weighted by molar-refractivity contribution is 7.92. The number of ether oxygens (including phenoxy) is 1. The molecule has 0 aliphatic heterocycles. The number of benzene rings is 1. The number of carboxylic acid groups (broad SMARTS) is 1. The fraction of sp³-hybridized carbons (Fsp3) is 0.385. The third-order valence-electron chi connectivity index (χ3n) is 2.60. The molecule has 1 aromatic rings. The van der Waals surface area contributed by atoms with Crippen molar-refractivity contribution < 1.29 is 27.9 Å². The minimum Gasteiger partial charge on any atom is -0.481 e. The van der Waals surface area contributed by atoms with E-state index in [1.165, 1.54) is 19.2 Å². The summed E-state index contributed by atoms with van der Waals surface area (Å²) in [6, 6.07) is 6.08. The SMILES string of the molecule is COC(=O)CCCS(=O)(=O)Nc1ccc(CC(=O)O)cc1. The predicted octanol–water partition coefficient (Wildman–Crippen LogP) is 1.01. The third kappa shape index (κ3) is 6.75. The summed E-state index contributed by atoms with van der Waals surface area (Å²) in [7, 11) is -2.30. The number of sulfonamides is 1. The highest BCUT2D eigenvalue weighted by Crippen LogP contribution is 2.12. The van der Waals surface area contributed by atoms with Gasteiger partial charge in [0.2, 0.25) is 10.0 Å². The lowest BCUT2D eigenvalue weighted by atomic mass is 10.1. The van der Waals surface area contributed by atoms with E-state index in [1.54, 1.807) is 12.1 Å². The number of esters is 1. The van der Waals surface area contributed by atoms with Crippen LogP contribution in [-0.4, -0.2) is 38.3 Å². The second-order valence-corrected chi connectivity index (χ2v) is 6.21. The van der Waals surface area contributed by atoms with Gasteiger partial charge in [0.1, 0.15) is 0 Å². The molecule has 21 heavy (non-hydrogen) atoms. The quantitative estimate of drug-likeness (QED) is 0.693. The van der Waals surface area contributed by atoms with Gasteiger partial charge in [-0.1, -0.05) is 12.1 Å². The second kappa shape index (κ2) is 7.63. The number of nitrogens with one attached hydrogen (secondary N) is 1. The van der Waals surface area contributed by atoms with Crippen LogP contribution in [0.3, 0.4) is 0 Å². The van der Waals surface area contributed by atoms with Crippen LogP contribution in [0.25, 0.3) is 0 Å². The normalized spacial score (nSPS) is 10.9. The largest absolute Gasteiger partial charge is 0.481 e. The van der Waals surface area contributed by atoms with Gasteiger partial charge in [0.15, 0.2) is 0 Å². The molecule has 0 saturated heterocycles. The van der Waals surface area contributed by atoms with Crippen molar-refractivity contribution in [3.05, 3.63) is 29.8 Å². The topological polar surface area (TPSA) is 110 Å². The zero-order chi connectivity index (χ0) is 15.9. The minimum atomic E-state index is -3.55. The van der Waals surface area contributed by atoms with Crippen LogP contribution < -0.4 is 4.72 Å². The van der Waals surface area contributed by atoms with Crippen molar-refractivity contribution >= 4 is 27.6 Å². The van der Waals surface area contributed by atoms with Gasteiger partial charge >= 0.3 is 11.9 Å². The lowest BCUT2D eigenvalue weighted by Crippen LogP contribution is -2.17. The first-order valence-electron chi connectivity index (χ1n) is 6.20.